The normalized spacial score (nSPS) is 17.5. The Kier molecular flexibility index (Phi) is 6.80. The number of carbonyl (C=O) groups excluding carboxylic acids is 1. The van der Waals surface area contributed by atoms with Crippen LogP contribution in [0.15, 0.2) is 56.5 Å². The number of nitrogens with zero attached hydrogens (tertiary/aromatic N) is 2. The predicted molar refractivity (Wildman–Crippen MR) is 125 cm³/mol. The van der Waals surface area contributed by atoms with Gasteiger partial charge in [0.25, 0.3) is 0 Å². The van der Waals surface area contributed by atoms with Gasteiger partial charge in [0.05, 0.1) is 12.2 Å². The highest BCUT2D eigenvalue weighted by Gasteiger charge is 2.37. The lowest BCUT2D eigenvalue weighted by Crippen LogP contribution is -2.43. The largest absolute Gasteiger partial charge is 0.465 e. The number of carbonyl (C=O) groups is 1. The third kappa shape index (κ3) is 5.09. The molecule has 174 valence electrons. The zero-order valence-electron chi connectivity index (χ0n) is 18.7. The molecule has 1 amide bonds. The van der Waals surface area contributed by atoms with Gasteiger partial charge in [-0.05, 0) is 68.2 Å². The van der Waals surface area contributed by atoms with Gasteiger partial charge in [-0.2, -0.15) is 4.31 Å². The van der Waals surface area contributed by atoms with Crippen molar-refractivity contribution in [2.75, 3.05) is 18.4 Å². The Morgan fingerprint density at radius 3 is 2.88 bits per heavy atom. The minimum atomic E-state index is -3.91. The van der Waals surface area contributed by atoms with Crippen LogP contribution in [0.2, 0.25) is 0 Å². The SMILES string of the molecule is CCc1cccc(NC(=O)[C@H]2CCCN(S(=O)(=O)c3c(C)noc3/C=C/c3ccco3)C2)c1. The summed E-state index contributed by atoms with van der Waals surface area (Å²) in [6.07, 6.45) is 6.76. The van der Waals surface area contributed by atoms with E-state index in [1.54, 1.807) is 25.1 Å². The minimum Gasteiger partial charge on any atom is -0.465 e. The Hall–Kier alpha value is -3.17. The molecule has 0 bridgehead atoms. The second-order valence-electron chi connectivity index (χ2n) is 8.06. The van der Waals surface area contributed by atoms with Crippen LogP contribution in [0.3, 0.4) is 0 Å². The fraction of sp³-hybridized carbons (Fsp3) is 0.333. The van der Waals surface area contributed by atoms with Crippen LogP contribution in [0.1, 0.15) is 42.5 Å². The van der Waals surface area contributed by atoms with Crippen molar-refractivity contribution >= 4 is 33.8 Å². The van der Waals surface area contributed by atoms with Gasteiger partial charge in [-0.1, -0.05) is 24.2 Å². The second-order valence-corrected chi connectivity index (χ2v) is 9.93. The van der Waals surface area contributed by atoms with E-state index in [9.17, 15) is 13.2 Å². The van der Waals surface area contributed by atoms with Crippen LogP contribution in [0.25, 0.3) is 12.2 Å². The number of piperidine rings is 1. The van der Waals surface area contributed by atoms with Crippen LogP contribution in [0, 0.1) is 12.8 Å². The van der Waals surface area contributed by atoms with Gasteiger partial charge in [-0.15, -0.1) is 0 Å². The monoisotopic (exact) mass is 469 g/mol. The molecule has 1 N–H and O–H groups in total. The molecule has 33 heavy (non-hydrogen) atoms. The molecule has 0 unspecified atom stereocenters. The summed E-state index contributed by atoms with van der Waals surface area (Å²) in [7, 11) is -3.91. The van der Waals surface area contributed by atoms with Crippen molar-refractivity contribution in [3.05, 3.63) is 65.4 Å². The summed E-state index contributed by atoms with van der Waals surface area (Å²) in [5.41, 5.74) is 2.12. The molecule has 0 spiro atoms. The first-order valence-corrected chi connectivity index (χ1v) is 12.4. The number of furan rings is 1. The van der Waals surface area contributed by atoms with E-state index in [2.05, 4.69) is 17.4 Å². The van der Waals surface area contributed by atoms with Gasteiger partial charge < -0.3 is 14.3 Å². The average molecular weight is 470 g/mol. The molecule has 4 rings (SSSR count). The van der Waals surface area contributed by atoms with E-state index < -0.39 is 15.9 Å². The maximum Gasteiger partial charge on any atom is 0.248 e. The molecule has 9 heteroatoms. The molecular formula is C24H27N3O5S. The Bertz CT molecular complexity index is 1240. The molecule has 1 aromatic carbocycles. The summed E-state index contributed by atoms with van der Waals surface area (Å²) in [5, 5.41) is 6.80. The number of anilines is 1. The molecule has 1 aliphatic heterocycles. The van der Waals surface area contributed by atoms with Gasteiger partial charge in [0, 0.05) is 18.8 Å². The van der Waals surface area contributed by atoms with Crippen molar-refractivity contribution in [3.8, 4) is 0 Å². The highest BCUT2D eigenvalue weighted by atomic mass is 32.2. The molecule has 0 aliphatic carbocycles. The van der Waals surface area contributed by atoms with Crippen LogP contribution in [0.4, 0.5) is 5.69 Å². The van der Waals surface area contributed by atoms with Crippen LogP contribution in [0.5, 0.6) is 0 Å². The number of aryl methyl sites for hydroxylation is 2. The Labute approximate surface area is 193 Å². The summed E-state index contributed by atoms with van der Waals surface area (Å²) in [6.45, 7) is 4.09. The molecule has 2 aromatic heterocycles. The van der Waals surface area contributed by atoms with Crippen LogP contribution >= 0.6 is 0 Å². The average Bonchev–Trinajstić information content (AvgIpc) is 3.47. The number of amides is 1. The highest BCUT2D eigenvalue weighted by Crippen LogP contribution is 2.29. The molecule has 0 saturated carbocycles. The minimum absolute atomic E-state index is 0.0158. The first-order valence-electron chi connectivity index (χ1n) is 11.0. The van der Waals surface area contributed by atoms with Gasteiger partial charge in [-0.25, -0.2) is 8.42 Å². The maximum atomic E-state index is 13.5. The van der Waals surface area contributed by atoms with Gasteiger partial charge in [0.15, 0.2) is 10.7 Å². The summed E-state index contributed by atoms with van der Waals surface area (Å²) >= 11 is 0. The second kappa shape index (κ2) is 9.76. The third-order valence-corrected chi connectivity index (χ3v) is 7.76. The Morgan fingerprint density at radius 1 is 1.27 bits per heavy atom. The van der Waals surface area contributed by atoms with Crippen LogP contribution in [-0.2, 0) is 21.2 Å². The summed E-state index contributed by atoms with van der Waals surface area (Å²) in [5.74, 6) is 0.0744. The third-order valence-electron chi connectivity index (χ3n) is 5.73. The molecule has 3 aromatic rings. The molecule has 1 saturated heterocycles. The highest BCUT2D eigenvalue weighted by molar-refractivity contribution is 7.89. The number of hydrogen-bond acceptors (Lipinski definition) is 6. The van der Waals surface area contributed by atoms with E-state index >= 15 is 0 Å². The van der Waals surface area contributed by atoms with Crippen molar-refractivity contribution in [2.24, 2.45) is 5.92 Å². The molecular weight excluding hydrogens is 442 g/mol. The Morgan fingerprint density at radius 2 is 2.12 bits per heavy atom. The van der Waals surface area contributed by atoms with Gasteiger partial charge in [0.1, 0.15) is 11.5 Å². The smallest absolute Gasteiger partial charge is 0.248 e. The van der Waals surface area contributed by atoms with Crippen molar-refractivity contribution < 1.29 is 22.2 Å². The summed E-state index contributed by atoms with van der Waals surface area (Å²) in [6, 6.07) is 11.2. The van der Waals surface area contributed by atoms with Crippen molar-refractivity contribution in [3.63, 3.8) is 0 Å². The van der Waals surface area contributed by atoms with E-state index in [4.69, 9.17) is 8.94 Å². The van der Waals surface area contributed by atoms with E-state index in [0.29, 0.717) is 25.1 Å². The van der Waals surface area contributed by atoms with E-state index in [1.807, 2.05) is 24.3 Å². The van der Waals surface area contributed by atoms with Gasteiger partial charge in [-0.3, -0.25) is 4.79 Å². The summed E-state index contributed by atoms with van der Waals surface area (Å²) in [4.78, 5) is 12.9. The topological polar surface area (TPSA) is 106 Å². The number of rotatable bonds is 7. The number of benzene rings is 1. The molecule has 1 atom stereocenters. The van der Waals surface area contributed by atoms with Crippen LogP contribution < -0.4 is 5.32 Å². The fourth-order valence-corrected chi connectivity index (χ4v) is 5.73. The first-order chi connectivity index (χ1) is 15.9. The van der Waals surface area contributed by atoms with Crippen LogP contribution in [-0.4, -0.2) is 36.9 Å². The Balaban J connectivity index is 1.52. The first kappa shape index (κ1) is 23.0. The van der Waals surface area contributed by atoms with Gasteiger partial charge in [0.2, 0.25) is 15.9 Å². The van der Waals surface area contributed by atoms with Gasteiger partial charge >= 0.3 is 0 Å². The van der Waals surface area contributed by atoms with Crippen molar-refractivity contribution in [2.45, 2.75) is 38.0 Å². The number of nitrogens with one attached hydrogen (secondary N) is 1. The van der Waals surface area contributed by atoms with E-state index in [1.165, 1.54) is 16.6 Å². The van der Waals surface area contributed by atoms with Crippen molar-refractivity contribution in [1.82, 2.24) is 9.46 Å². The quantitative estimate of drug-likeness (QED) is 0.552. The standard InChI is InChI=1S/C24H27N3O5S/c1-3-18-7-4-9-20(15-18)25-24(28)19-8-5-13-27(16-19)33(29,30)23-17(2)26-32-22(23)12-11-21-10-6-14-31-21/h4,6-7,9-12,14-15,19H,3,5,8,13,16H2,1-2H3,(H,25,28)/b12-11+/t19-/m0/s1. The summed E-state index contributed by atoms with van der Waals surface area (Å²) < 4.78 is 38.9. The number of hydrogen-bond donors (Lipinski definition) is 1. The molecule has 1 aliphatic rings. The molecule has 3 heterocycles. The number of sulfonamides is 1. The molecule has 1 fully saturated rings. The number of aromatic nitrogens is 1. The van der Waals surface area contributed by atoms with E-state index in [-0.39, 0.29) is 28.8 Å². The maximum absolute atomic E-state index is 13.5. The van der Waals surface area contributed by atoms with E-state index in [0.717, 1.165) is 17.7 Å². The van der Waals surface area contributed by atoms with Crippen molar-refractivity contribution in [1.29, 1.82) is 0 Å². The molecule has 8 nitrogen and oxygen atoms in total. The predicted octanol–water partition coefficient (Wildman–Crippen LogP) is 4.35. The zero-order valence-corrected chi connectivity index (χ0v) is 19.5. The fourth-order valence-electron chi connectivity index (χ4n) is 3.96. The lowest BCUT2D eigenvalue weighted by Gasteiger charge is -2.31. The lowest BCUT2D eigenvalue weighted by atomic mass is 9.98. The lowest BCUT2D eigenvalue weighted by molar-refractivity contribution is -0.120. The molecule has 0 radical (unpaired) electrons. The zero-order chi connectivity index (χ0) is 23.4.